The van der Waals surface area contributed by atoms with Crippen molar-refractivity contribution in [2.45, 2.75) is 6.61 Å². The molecule has 3 nitrogen and oxygen atoms in total. The number of methoxy groups -OCH3 is 2. The molecule has 0 radical (unpaired) electrons. The zero-order valence-electron chi connectivity index (χ0n) is 8.04. The summed E-state index contributed by atoms with van der Waals surface area (Å²) in [6, 6.07) is 3.58. The van der Waals surface area contributed by atoms with Crippen molar-refractivity contribution in [3.05, 3.63) is 27.7 Å². The molecule has 76 valence electrons. The predicted molar refractivity (Wildman–Crippen MR) is 56.8 cm³/mol. The first-order chi connectivity index (χ1) is 6.72. The molecule has 0 heterocycles. The SMILES string of the molecule is COCc1cc(Br)cc(C=O)c1OC. The standard InChI is InChI=1S/C10H11BrO3/c1-13-6-8-4-9(11)3-7(5-12)10(8)14-2/h3-5H,6H2,1-2H3. The first kappa shape index (κ1) is 11.2. The smallest absolute Gasteiger partial charge is 0.153 e. The average Bonchev–Trinajstić information content (AvgIpc) is 2.17. The van der Waals surface area contributed by atoms with Crippen molar-refractivity contribution in [2.24, 2.45) is 0 Å². The summed E-state index contributed by atoms with van der Waals surface area (Å²) in [5, 5.41) is 0. The lowest BCUT2D eigenvalue weighted by molar-refractivity contribution is 0.111. The Morgan fingerprint density at radius 1 is 1.43 bits per heavy atom. The van der Waals surface area contributed by atoms with Crippen LogP contribution in [-0.2, 0) is 11.3 Å². The quantitative estimate of drug-likeness (QED) is 0.779. The number of ether oxygens (including phenoxy) is 2. The second-order valence-electron chi connectivity index (χ2n) is 2.74. The fourth-order valence-corrected chi connectivity index (χ4v) is 1.80. The highest BCUT2D eigenvalue weighted by atomic mass is 79.9. The molecule has 0 N–H and O–H groups in total. The van der Waals surface area contributed by atoms with E-state index < -0.39 is 0 Å². The van der Waals surface area contributed by atoms with Gasteiger partial charge in [-0.3, -0.25) is 4.79 Å². The molecule has 1 aromatic rings. The van der Waals surface area contributed by atoms with Crippen LogP contribution in [0.1, 0.15) is 15.9 Å². The Hall–Kier alpha value is -0.870. The molecule has 0 fully saturated rings. The molecule has 0 aromatic heterocycles. The van der Waals surface area contributed by atoms with Crippen LogP contribution < -0.4 is 4.74 Å². The fraction of sp³-hybridized carbons (Fsp3) is 0.300. The number of rotatable bonds is 4. The molecule has 1 aromatic carbocycles. The third kappa shape index (κ3) is 2.33. The Bertz CT molecular complexity index is 336. The van der Waals surface area contributed by atoms with E-state index in [9.17, 15) is 4.79 Å². The van der Waals surface area contributed by atoms with Crippen LogP contribution in [0.15, 0.2) is 16.6 Å². The highest BCUT2D eigenvalue weighted by molar-refractivity contribution is 9.10. The minimum Gasteiger partial charge on any atom is -0.496 e. The number of hydrogen-bond acceptors (Lipinski definition) is 3. The topological polar surface area (TPSA) is 35.5 Å². The van der Waals surface area contributed by atoms with Crippen molar-refractivity contribution in [1.29, 1.82) is 0 Å². The second kappa shape index (κ2) is 5.12. The molecule has 0 aliphatic carbocycles. The van der Waals surface area contributed by atoms with Crippen LogP contribution in [0.2, 0.25) is 0 Å². The molecule has 0 saturated heterocycles. The number of carbonyl (C=O) groups is 1. The molecular weight excluding hydrogens is 248 g/mol. The zero-order valence-corrected chi connectivity index (χ0v) is 9.63. The molecule has 1 rings (SSSR count). The van der Waals surface area contributed by atoms with E-state index in [4.69, 9.17) is 9.47 Å². The minimum absolute atomic E-state index is 0.420. The van der Waals surface area contributed by atoms with E-state index in [1.807, 2.05) is 6.07 Å². The maximum Gasteiger partial charge on any atom is 0.153 e. The van der Waals surface area contributed by atoms with E-state index in [-0.39, 0.29) is 0 Å². The molecule has 4 heteroatoms. The van der Waals surface area contributed by atoms with Crippen molar-refractivity contribution in [3.63, 3.8) is 0 Å². The Morgan fingerprint density at radius 2 is 2.14 bits per heavy atom. The van der Waals surface area contributed by atoms with Crippen molar-refractivity contribution in [2.75, 3.05) is 14.2 Å². The Labute approximate surface area is 91.1 Å². The van der Waals surface area contributed by atoms with Gasteiger partial charge in [0, 0.05) is 17.1 Å². The fourth-order valence-electron chi connectivity index (χ4n) is 1.27. The number of benzene rings is 1. The Morgan fingerprint density at radius 3 is 2.64 bits per heavy atom. The average molecular weight is 259 g/mol. The van der Waals surface area contributed by atoms with Gasteiger partial charge in [0.1, 0.15) is 5.75 Å². The van der Waals surface area contributed by atoms with Gasteiger partial charge in [-0.1, -0.05) is 15.9 Å². The maximum atomic E-state index is 10.8. The summed E-state index contributed by atoms with van der Waals surface area (Å²) < 4.78 is 11.0. The van der Waals surface area contributed by atoms with Gasteiger partial charge >= 0.3 is 0 Å². The number of carbonyl (C=O) groups excluding carboxylic acids is 1. The number of aldehydes is 1. The zero-order chi connectivity index (χ0) is 10.6. The predicted octanol–water partition coefficient (Wildman–Crippen LogP) is 2.42. The maximum absolute atomic E-state index is 10.8. The van der Waals surface area contributed by atoms with Gasteiger partial charge in [-0.25, -0.2) is 0 Å². The van der Waals surface area contributed by atoms with Crippen molar-refractivity contribution >= 4 is 22.2 Å². The van der Waals surface area contributed by atoms with E-state index in [0.29, 0.717) is 17.9 Å². The van der Waals surface area contributed by atoms with Crippen LogP contribution in [0.5, 0.6) is 5.75 Å². The summed E-state index contributed by atoms with van der Waals surface area (Å²) >= 11 is 3.32. The minimum atomic E-state index is 0.420. The second-order valence-corrected chi connectivity index (χ2v) is 3.65. The summed E-state index contributed by atoms with van der Waals surface area (Å²) in [4.78, 5) is 10.8. The Balaban J connectivity index is 3.23. The van der Waals surface area contributed by atoms with Crippen LogP contribution >= 0.6 is 15.9 Å². The van der Waals surface area contributed by atoms with Crippen molar-refractivity contribution < 1.29 is 14.3 Å². The van der Waals surface area contributed by atoms with Gasteiger partial charge in [0.2, 0.25) is 0 Å². The third-order valence-electron chi connectivity index (χ3n) is 1.79. The van der Waals surface area contributed by atoms with Gasteiger partial charge in [-0.05, 0) is 12.1 Å². The van der Waals surface area contributed by atoms with Gasteiger partial charge in [-0.15, -0.1) is 0 Å². The van der Waals surface area contributed by atoms with Gasteiger partial charge in [0.15, 0.2) is 6.29 Å². The molecular formula is C10H11BrO3. The van der Waals surface area contributed by atoms with E-state index in [1.165, 1.54) is 7.11 Å². The molecule has 0 atom stereocenters. The van der Waals surface area contributed by atoms with Gasteiger partial charge < -0.3 is 9.47 Å². The van der Waals surface area contributed by atoms with E-state index in [1.54, 1.807) is 13.2 Å². The number of hydrogen-bond donors (Lipinski definition) is 0. The highest BCUT2D eigenvalue weighted by Gasteiger charge is 2.09. The highest BCUT2D eigenvalue weighted by Crippen LogP contribution is 2.27. The van der Waals surface area contributed by atoms with Crippen LogP contribution in [0.4, 0.5) is 0 Å². The summed E-state index contributed by atoms with van der Waals surface area (Å²) in [5.41, 5.74) is 1.38. The summed E-state index contributed by atoms with van der Waals surface area (Å²) in [7, 11) is 3.14. The first-order valence-corrected chi connectivity index (χ1v) is 4.82. The van der Waals surface area contributed by atoms with Gasteiger partial charge in [-0.2, -0.15) is 0 Å². The van der Waals surface area contributed by atoms with E-state index in [0.717, 1.165) is 16.3 Å². The van der Waals surface area contributed by atoms with Crippen molar-refractivity contribution in [3.8, 4) is 5.75 Å². The molecule has 0 aliphatic heterocycles. The lowest BCUT2D eigenvalue weighted by Gasteiger charge is -2.10. The van der Waals surface area contributed by atoms with Gasteiger partial charge in [0.25, 0.3) is 0 Å². The van der Waals surface area contributed by atoms with E-state index >= 15 is 0 Å². The van der Waals surface area contributed by atoms with Crippen LogP contribution in [-0.4, -0.2) is 20.5 Å². The largest absolute Gasteiger partial charge is 0.496 e. The molecule has 0 unspecified atom stereocenters. The first-order valence-electron chi connectivity index (χ1n) is 4.03. The summed E-state index contributed by atoms with van der Waals surface area (Å²) in [6.45, 7) is 0.420. The monoisotopic (exact) mass is 258 g/mol. The molecule has 14 heavy (non-hydrogen) atoms. The van der Waals surface area contributed by atoms with Crippen LogP contribution in [0.25, 0.3) is 0 Å². The third-order valence-corrected chi connectivity index (χ3v) is 2.25. The molecule has 0 aliphatic rings. The Kier molecular flexibility index (Phi) is 4.10. The van der Waals surface area contributed by atoms with E-state index in [2.05, 4.69) is 15.9 Å². The summed E-state index contributed by atoms with van der Waals surface area (Å²) in [6.07, 6.45) is 0.767. The normalized spacial score (nSPS) is 9.93. The van der Waals surface area contributed by atoms with Crippen LogP contribution in [0, 0.1) is 0 Å². The summed E-state index contributed by atoms with van der Waals surface area (Å²) in [5.74, 6) is 0.574. The lowest BCUT2D eigenvalue weighted by atomic mass is 10.1. The lowest BCUT2D eigenvalue weighted by Crippen LogP contribution is -1.98. The molecule has 0 amide bonds. The van der Waals surface area contributed by atoms with Crippen molar-refractivity contribution in [1.82, 2.24) is 0 Å². The molecule has 0 saturated carbocycles. The number of halogens is 1. The molecule has 0 bridgehead atoms. The van der Waals surface area contributed by atoms with Gasteiger partial charge in [0.05, 0.1) is 19.3 Å². The molecule has 0 spiro atoms. The van der Waals surface area contributed by atoms with Crippen LogP contribution in [0.3, 0.4) is 0 Å².